The normalized spacial score (nSPS) is 26.7. The van der Waals surface area contributed by atoms with Crippen LogP contribution in [0.25, 0.3) is 0 Å². The van der Waals surface area contributed by atoms with Crippen LogP contribution in [0.3, 0.4) is 0 Å². The molecule has 2 aliphatic rings. The Labute approximate surface area is 80.7 Å². The zero-order valence-electron chi connectivity index (χ0n) is 7.60. The van der Waals surface area contributed by atoms with Crippen LogP contribution in [0.15, 0.2) is 0 Å². The van der Waals surface area contributed by atoms with Gasteiger partial charge in [0.05, 0.1) is 0 Å². The lowest BCUT2D eigenvalue weighted by molar-refractivity contribution is -0.154. The number of amides is 2. The molecule has 0 unspecified atom stereocenters. The fraction of sp³-hybridized carbons (Fsp3) is 0.667. The van der Waals surface area contributed by atoms with Crippen molar-refractivity contribution in [2.24, 2.45) is 5.92 Å². The number of carboxylic acid groups (broad SMARTS) is 1. The molecular formula is C9H11NO4. The lowest BCUT2D eigenvalue weighted by Gasteiger charge is -2.19. The molecule has 0 bridgehead atoms. The van der Waals surface area contributed by atoms with Gasteiger partial charge in [-0.15, -0.1) is 0 Å². The van der Waals surface area contributed by atoms with Gasteiger partial charge in [-0.25, -0.2) is 4.79 Å². The lowest BCUT2D eigenvalue weighted by atomic mass is 10.2. The molecule has 1 saturated carbocycles. The highest BCUT2D eigenvalue weighted by Gasteiger charge is 2.45. The van der Waals surface area contributed by atoms with Gasteiger partial charge >= 0.3 is 5.97 Å². The van der Waals surface area contributed by atoms with E-state index in [-0.39, 0.29) is 30.6 Å². The molecule has 0 aromatic carbocycles. The zero-order valence-corrected chi connectivity index (χ0v) is 7.60. The second-order valence-electron chi connectivity index (χ2n) is 3.77. The Kier molecular flexibility index (Phi) is 2.02. The molecule has 0 spiro atoms. The second kappa shape index (κ2) is 3.08. The smallest absolute Gasteiger partial charge is 0.326 e. The molecule has 0 aromatic rings. The Morgan fingerprint density at radius 3 is 2.43 bits per heavy atom. The summed E-state index contributed by atoms with van der Waals surface area (Å²) in [6.07, 6.45) is 2.01. The van der Waals surface area contributed by atoms with Crippen LogP contribution in [0.2, 0.25) is 0 Å². The number of aliphatic carboxylic acids is 1. The molecule has 2 fully saturated rings. The van der Waals surface area contributed by atoms with Crippen molar-refractivity contribution < 1.29 is 19.5 Å². The summed E-state index contributed by atoms with van der Waals surface area (Å²) in [5, 5.41) is 8.81. The van der Waals surface area contributed by atoms with E-state index in [4.69, 9.17) is 5.11 Å². The van der Waals surface area contributed by atoms with E-state index in [0.717, 1.165) is 17.7 Å². The van der Waals surface area contributed by atoms with Gasteiger partial charge in [0.25, 0.3) is 0 Å². The van der Waals surface area contributed by atoms with Gasteiger partial charge < -0.3 is 5.11 Å². The minimum atomic E-state index is -1.08. The van der Waals surface area contributed by atoms with Gasteiger partial charge in [-0.05, 0) is 19.3 Å². The van der Waals surface area contributed by atoms with E-state index >= 15 is 0 Å². The predicted octanol–water partition coefficient (Wildman–Crippen LogP) is -0.00140. The van der Waals surface area contributed by atoms with Crippen LogP contribution in [-0.4, -0.2) is 33.8 Å². The van der Waals surface area contributed by atoms with Crippen LogP contribution >= 0.6 is 0 Å². The Hall–Kier alpha value is -1.39. The minimum absolute atomic E-state index is 0.0982. The fourth-order valence-electron chi connectivity index (χ4n) is 1.72. The van der Waals surface area contributed by atoms with Crippen LogP contribution in [0.4, 0.5) is 0 Å². The molecule has 1 saturated heterocycles. The molecule has 14 heavy (non-hydrogen) atoms. The first-order valence-corrected chi connectivity index (χ1v) is 4.70. The second-order valence-corrected chi connectivity index (χ2v) is 3.77. The van der Waals surface area contributed by atoms with Crippen LogP contribution in [0, 0.1) is 5.92 Å². The first kappa shape index (κ1) is 9.18. The maximum absolute atomic E-state index is 11.6. The summed E-state index contributed by atoms with van der Waals surface area (Å²) in [5.74, 6) is -1.81. The average molecular weight is 197 g/mol. The van der Waals surface area contributed by atoms with Crippen molar-refractivity contribution in [3.63, 3.8) is 0 Å². The number of carbonyl (C=O) groups is 3. The monoisotopic (exact) mass is 197 g/mol. The molecule has 1 atom stereocenters. The first-order chi connectivity index (χ1) is 6.61. The van der Waals surface area contributed by atoms with Crippen molar-refractivity contribution in [2.75, 3.05) is 0 Å². The fourth-order valence-corrected chi connectivity index (χ4v) is 1.72. The van der Waals surface area contributed by atoms with Crippen molar-refractivity contribution >= 4 is 17.8 Å². The van der Waals surface area contributed by atoms with Crippen molar-refractivity contribution in [3.05, 3.63) is 0 Å². The van der Waals surface area contributed by atoms with Crippen LogP contribution in [0.1, 0.15) is 25.7 Å². The van der Waals surface area contributed by atoms with Gasteiger partial charge in [-0.2, -0.15) is 0 Å². The number of likely N-dealkylation sites (tertiary alicyclic amines) is 1. The number of hydrogen-bond donors (Lipinski definition) is 1. The van der Waals surface area contributed by atoms with E-state index in [9.17, 15) is 14.4 Å². The molecule has 2 rings (SSSR count). The highest BCUT2D eigenvalue weighted by molar-refractivity contribution is 6.02. The Morgan fingerprint density at radius 1 is 1.29 bits per heavy atom. The van der Waals surface area contributed by atoms with Crippen molar-refractivity contribution in [1.29, 1.82) is 0 Å². The van der Waals surface area contributed by atoms with Gasteiger partial charge in [0.15, 0.2) is 0 Å². The number of nitrogens with zero attached hydrogens (tertiary/aromatic N) is 1. The van der Waals surface area contributed by atoms with Crippen molar-refractivity contribution in [3.8, 4) is 0 Å². The number of carboxylic acids is 1. The molecule has 5 heteroatoms. The molecule has 1 aliphatic carbocycles. The first-order valence-electron chi connectivity index (χ1n) is 4.70. The third-order valence-electron chi connectivity index (χ3n) is 2.66. The van der Waals surface area contributed by atoms with E-state index < -0.39 is 12.0 Å². The summed E-state index contributed by atoms with van der Waals surface area (Å²) >= 11 is 0. The predicted molar refractivity (Wildman–Crippen MR) is 45.2 cm³/mol. The topological polar surface area (TPSA) is 74.7 Å². The number of hydrogen-bond acceptors (Lipinski definition) is 3. The maximum Gasteiger partial charge on any atom is 0.326 e. The molecule has 0 radical (unpaired) electrons. The van der Waals surface area contributed by atoms with Gasteiger partial charge in [0.2, 0.25) is 11.8 Å². The Bertz CT molecular complexity index is 308. The quantitative estimate of drug-likeness (QED) is 0.632. The van der Waals surface area contributed by atoms with E-state index in [1.165, 1.54) is 0 Å². The van der Waals surface area contributed by atoms with Gasteiger partial charge in [-0.1, -0.05) is 0 Å². The standard InChI is InChI=1S/C9H11NO4/c11-7-4-3-6(9(13)14)10(7)8(12)5-1-2-5/h5-6H,1-4H2,(H,13,14)/t6-/m0/s1. The Morgan fingerprint density at radius 2 is 1.93 bits per heavy atom. The Balaban J connectivity index is 2.16. The van der Waals surface area contributed by atoms with Crippen LogP contribution in [0.5, 0.6) is 0 Å². The molecule has 1 N–H and O–H groups in total. The maximum atomic E-state index is 11.6. The van der Waals surface area contributed by atoms with E-state index in [0.29, 0.717) is 0 Å². The largest absolute Gasteiger partial charge is 0.480 e. The summed E-state index contributed by atoms with van der Waals surface area (Å²) in [7, 11) is 0. The van der Waals surface area contributed by atoms with Crippen LogP contribution < -0.4 is 0 Å². The number of imide groups is 1. The van der Waals surface area contributed by atoms with E-state index in [2.05, 4.69) is 0 Å². The summed E-state index contributed by atoms with van der Waals surface area (Å²) in [6, 6.07) is -0.921. The number of rotatable bonds is 2. The molecular weight excluding hydrogens is 186 g/mol. The minimum Gasteiger partial charge on any atom is -0.480 e. The molecule has 1 heterocycles. The molecule has 76 valence electrons. The summed E-state index contributed by atoms with van der Waals surface area (Å²) in [6.45, 7) is 0. The highest BCUT2D eigenvalue weighted by Crippen LogP contribution is 2.34. The third-order valence-corrected chi connectivity index (χ3v) is 2.66. The van der Waals surface area contributed by atoms with E-state index in [1.54, 1.807) is 0 Å². The van der Waals surface area contributed by atoms with Gasteiger partial charge in [0, 0.05) is 12.3 Å². The van der Waals surface area contributed by atoms with Crippen molar-refractivity contribution in [1.82, 2.24) is 4.90 Å². The summed E-state index contributed by atoms with van der Waals surface area (Å²) in [4.78, 5) is 34.6. The molecule has 0 aromatic heterocycles. The molecule has 1 aliphatic heterocycles. The summed E-state index contributed by atoms with van der Waals surface area (Å²) in [5.41, 5.74) is 0. The van der Waals surface area contributed by atoms with Gasteiger partial charge in [0.1, 0.15) is 6.04 Å². The molecule has 5 nitrogen and oxygen atoms in total. The van der Waals surface area contributed by atoms with E-state index in [1.807, 2.05) is 0 Å². The lowest BCUT2D eigenvalue weighted by Crippen LogP contribution is -2.43. The highest BCUT2D eigenvalue weighted by atomic mass is 16.4. The summed E-state index contributed by atoms with van der Waals surface area (Å²) < 4.78 is 0. The number of carbonyl (C=O) groups excluding carboxylic acids is 2. The molecule has 2 amide bonds. The third kappa shape index (κ3) is 1.38. The van der Waals surface area contributed by atoms with Gasteiger partial charge in [-0.3, -0.25) is 14.5 Å². The average Bonchev–Trinajstić information content (AvgIpc) is 2.88. The van der Waals surface area contributed by atoms with Crippen LogP contribution in [-0.2, 0) is 14.4 Å². The van der Waals surface area contributed by atoms with Crippen molar-refractivity contribution in [2.45, 2.75) is 31.7 Å². The zero-order chi connectivity index (χ0) is 10.3. The SMILES string of the molecule is O=C(O)[C@@H]1CCC(=O)N1C(=O)C1CC1.